The van der Waals surface area contributed by atoms with E-state index in [0.717, 1.165) is 17.8 Å². The van der Waals surface area contributed by atoms with Gasteiger partial charge in [-0.05, 0) is 17.8 Å². The van der Waals surface area contributed by atoms with E-state index in [2.05, 4.69) is 34.6 Å². The van der Waals surface area contributed by atoms with Gasteiger partial charge in [0.2, 0.25) is 0 Å². The first kappa shape index (κ1) is 17.0. The van der Waals surface area contributed by atoms with Crippen LogP contribution in [0.3, 0.4) is 0 Å². The summed E-state index contributed by atoms with van der Waals surface area (Å²) >= 11 is 0. The first-order chi connectivity index (χ1) is 8.13. The largest absolute Gasteiger partial charge is 0.0651 e. The lowest BCUT2D eigenvalue weighted by atomic mass is 9.91. The van der Waals surface area contributed by atoms with Crippen LogP contribution in [0.4, 0.5) is 0 Å². The number of hydrogen-bond acceptors (Lipinski definition) is 0. The molecule has 0 heterocycles. The molecule has 17 heavy (non-hydrogen) atoms. The first-order valence-corrected chi connectivity index (χ1v) is 8.13. The van der Waals surface area contributed by atoms with E-state index in [4.69, 9.17) is 0 Å². The molecule has 2 atom stereocenters. The minimum Gasteiger partial charge on any atom is -0.0651 e. The van der Waals surface area contributed by atoms with E-state index in [0.29, 0.717) is 0 Å². The standard InChI is InChI=1S/C17H36/c1-6-15(4)11-9-12-16(5)13-10-14-17(7-2)8-3/h15-17H,6-14H2,1-5H3. The van der Waals surface area contributed by atoms with E-state index < -0.39 is 0 Å². The van der Waals surface area contributed by atoms with Gasteiger partial charge in [0, 0.05) is 0 Å². The minimum absolute atomic E-state index is 0.937. The molecular formula is C17H36. The lowest BCUT2D eigenvalue weighted by Crippen LogP contribution is -2.01. The molecular weight excluding hydrogens is 204 g/mol. The molecule has 104 valence electrons. The summed E-state index contributed by atoms with van der Waals surface area (Å²) in [4.78, 5) is 0. The van der Waals surface area contributed by atoms with Crippen LogP contribution < -0.4 is 0 Å². The van der Waals surface area contributed by atoms with Crippen molar-refractivity contribution in [3.05, 3.63) is 0 Å². The van der Waals surface area contributed by atoms with E-state index in [1.807, 2.05) is 0 Å². The Hall–Kier alpha value is 0. The second kappa shape index (κ2) is 11.1. The molecule has 0 rings (SSSR count). The Bertz CT molecular complexity index is 146. The molecule has 0 bridgehead atoms. The maximum atomic E-state index is 2.45. The average molecular weight is 240 g/mol. The summed E-state index contributed by atoms with van der Waals surface area (Å²) < 4.78 is 0. The smallest absolute Gasteiger partial charge is 0.0420 e. The van der Waals surface area contributed by atoms with Crippen molar-refractivity contribution in [2.75, 3.05) is 0 Å². The van der Waals surface area contributed by atoms with Crippen LogP contribution in [-0.4, -0.2) is 0 Å². The summed E-state index contributed by atoms with van der Waals surface area (Å²) in [5, 5.41) is 0. The summed E-state index contributed by atoms with van der Waals surface area (Å²) in [5.41, 5.74) is 0. The van der Waals surface area contributed by atoms with Crippen LogP contribution in [0.2, 0.25) is 0 Å². The highest BCUT2D eigenvalue weighted by molar-refractivity contribution is 4.60. The van der Waals surface area contributed by atoms with Crippen molar-refractivity contribution in [2.24, 2.45) is 17.8 Å². The van der Waals surface area contributed by atoms with Gasteiger partial charge in [-0.2, -0.15) is 0 Å². The molecule has 0 spiro atoms. The lowest BCUT2D eigenvalue weighted by molar-refractivity contribution is 0.375. The Morgan fingerprint density at radius 2 is 1.06 bits per heavy atom. The summed E-state index contributed by atoms with van der Waals surface area (Å²) in [5.74, 6) is 2.88. The van der Waals surface area contributed by atoms with E-state index in [1.54, 1.807) is 0 Å². The highest BCUT2D eigenvalue weighted by Crippen LogP contribution is 2.22. The Labute approximate surface area is 111 Å². The quantitative estimate of drug-likeness (QED) is 0.389. The fourth-order valence-electron chi connectivity index (χ4n) is 2.62. The molecule has 0 aromatic rings. The third-order valence-corrected chi connectivity index (χ3v) is 4.55. The van der Waals surface area contributed by atoms with Gasteiger partial charge in [-0.15, -0.1) is 0 Å². The van der Waals surface area contributed by atoms with Crippen LogP contribution in [-0.2, 0) is 0 Å². The Morgan fingerprint density at radius 1 is 0.588 bits per heavy atom. The third-order valence-electron chi connectivity index (χ3n) is 4.55. The molecule has 0 nitrogen and oxygen atoms in total. The second-order valence-corrected chi connectivity index (χ2v) is 6.16. The normalized spacial score (nSPS) is 15.2. The Balaban J connectivity index is 3.43. The lowest BCUT2D eigenvalue weighted by Gasteiger charge is -2.15. The summed E-state index contributed by atoms with van der Waals surface area (Å²) in [6, 6.07) is 0. The fourth-order valence-corrected chi connectivity index (χ4v) is 2.62. The SMILES string of the molecule is CCC(C)CCCC(C)CCCC(CC)CC. The van der Waals surface area contributed by atoms with Crippen LogP contribution >= 0.6 is 0 Å². The van der Waals surface area contributed by atoms with Gasteiger partial charge >= 0.3 is 0 Å². The topological polar surface area (TPSA) is 0 Å². The molecule has 0 saturated carbocycles. The van der Waals surface area contributed by atoms with Gasteiger partial charge in [0.25, 0.3) is 0 Å². The van der Waals surface area contributed by atoms with Crippen molar-refractivity contribution in [1.82, 2.24) is 0 Å². The number of hydrogen-bond donors (Lipinski definition) is 0. The van der Waals surface area contributed by atoms with E-state index in [1.165, 1.54) is 57.8 Å². The zero-order valence-corrected chi connectivity index (χ0v) is 13.1. The van der Waals surface area contributed by atoms with Crippen LogP contribution in [0.5, 0.6) is 0 Å². The zero-order chi connectivity index (χ0) is 13.1. The van der Waals surface area contributed by atoms with E-state index in [9.17, 15) is 0 Å². The molecule has 0 N–H and O–H groups in total. The predicted octanol–water partition coefficient (Wildman–Crippen LogP) is 6.45. The Morgan fingerprint density at radius 3 is 1.53 bits per heavy atom. The van der Waals surface area contributed by atoms with Gasteiger partial charge < -0.3 is 0 Å². The van der Waals surface area contributed by atoms with Gasteiger partial charge in [-0.25, -0.2) is 0 Å². The maximum Gasteiger partial charge on any atom is -0.0420 e. The van der Waals surface area contributed by atoms with Gasteiger partial charge in [0.05, 0.1) is 0 Å². The monoisotopic (exact) mass is 240 g/mol. The van der Waals surface area contributed by atoms with Crippen molar-refractivity contribution in [1.29, 1.82) is 0 Å². The van der Waals surface area contributed by atoms with Gasteiger partial charge in [-0.1, -0.05) is 92.4 Å². The van der Waals surface area contributed by atoms with Crippen LogP contribution in [0, 0.1) is 17.8 Å². The van der Waals surface area contributed by atoms with Crippen molar-refractivity contribution >= 4 is 0 Å². The molecule has 0 aromatic carbocycles. The molecule has 0 aliphatic heterocycles. The van der Waals surface area contributed by atoms with Gasteiger partial charge in [0.15, 0.2) is 0 Å². The van der Waals surface area contributed by atoms with Crippen LogP contribution in [0.15, 0.2) is 0 Å². The molecule has 0 saturated heterocycles. The molecule has 0 fully saturated rings. The average Bonchev–Trinajstić information content (AvgIpc) is 2.34. The van der Waals surface area contributed by atoms with E-state index >= 15 is 0 Å². The first-order valence-electron chi connectivity index (χ1n) is 8.13. The van der Waals surface area contributed by atoms with E-state index in [-0.39, 0.29) is 0 Å². The summed E-state index contributed by atoms with van der Waals surface area (Å²) in [6.07, 6.45) is 12.8. The van der Waals surface area contributed by atoms with Gasteiger partial charge in [-0.3, -0.25) is 0 Å². The highest BCUT2D eigenvalue weighted by Gasteiger charge is 2.07. The molecule has 0 aromatic heterocycles. The highest BCUT2D eigenvalue weighted by atomic mass is 14.1. The van der Waals surface area contributed by atoms with Crippen molar-refractivity contribution in [2.45, 2.75) is 92.4 Å². The Kier molecular flexibility index (Phi) is 11.1. The molecule has 0 aliphatic rings. The van der Waals surface area contributed by atoms with Crippen molar-refractivity contribution in [3.63, 3.8) is 0 Å². The molecule has 0 heteroatoms. The molecule has 0 aliphatic carbocycles. The van der Waals surface area contributed by atoms with Crippen LogP contribution in [0.1, 0.15) is 92.4 Å². The van der Waals surface area contributed by atoms with Crippen LogP contribution in [0.25, 0.3) is 0 Å². The van der Waals surface area contributed by atoms with Crippen molar-refractivity contribution in [3.8, 4) is 0 Å². The fraction of sp³-hybridized carbons (Fsp3) is 1.00. The van der Waals surface area contributed by atoms with Crippen molar-refractivity contribution < 1.29 is 0 Å². The number of rotatable bonds is 11. The third kappa shape index (κ3) is 9.68. The minimum atomic E-state index is 0.937. The maximum absolute atomic E-state index is 2.45. The summed E-state index contributed by atoms with van der Waals surface area (Å²) in [7, 11) is 0. The summed E-state index contributed by atoms with van der Waals surface area (Å²) in [6.45, 7) is 11.8. The molecule has 2 unspecified atom stereocenters. The predicted molar refractivity (Wildman–Crippen MR) is 80.4 cm³/mol. The second-order valence-electron chi connectivity index (χ2n) is 6.16. The molecule has 0 radical (unpaired) electrons. The zero-order valence-electron chi connectivity index (χ0n) is 13.1. The van der Waals surface area contributed by atoms with Gasteiger partial charge in [0.1, 0.15) is 0 Å². The molecule has 0 amide bonds.